The van der Waals surface area contributed by atoms with Gasteiger partial charge in [-0.1, -0.05) is 12.7 Å². The summed E-state index contributed by atoms with van der Waals surface area (Å²) in [6, 6.07) is 0. The lowest BCUT2D eigenvalue weighted by Gasteiger charge is -2.13. The molecule has 0 saturated carbocycles. The van der Waals surface area contributed by atoms with Gasteiger partial charge in [0.05, 0.1) is 19.0 Å². The minimum atomic E-state index is -0.749. The van der Waals surface area contributed by atoms with Gasteiger partial charge in [0.15, 0.2) is 11.2 Å². The highest BCUT2D eigenvalue weighted by Gasteiger charge is 2.35. The summed E-state index contributed by atoms with van der Waals surface area (Å²) in [5.41, 5.74) is 0.881. The maximum atomic E-state index is 9.84. The first-order chi connectivity index (χ1) is 10.6. The van der Waals surface area contributed by atoms with Crippen LogP contribution < -0.4 is 4.74 Å². The molecule has 118 valence electrons. The van der Waals surface area contributed by atoms with Crippen LogP contribution in [0.25, 0.3) is 11.2 Å². The van der Waals surface area contributed by atoms with Gasteiger partial charge in [-0.05, 0) is 11.6 Å². The number of imidazole rings is 1. The number of ether oxygens (including phenoxy) is 2. The van der Waals surface area contributed by atoms with E-state index in [0.29, 0.717) is 17.6 Å². The lowest BCUT2D eigenvalue weighted by Crippen LogP contribution is -2.24. The molecule has 22 heavy (non-hydrogen) atoms. The highest BCUT2D eigenvalue weighted by Crippen LogP contribution is 2.32. The molecule has 0 aromatic carbocycles. The van der Waals surface area contributed by atoms with Crippen LogP contribution in [0.5, 0.6) is 5.88 Å². The molecule has 1 aliphatic rings. The summed E-state index contributed by atoms with van der Waals surface area (Å²) < 4.78 is 12.7. The van der Waals surface area contributed by atoms with E-state index >= 15 is 0 Å². The third kappa shape index (κ3) is 2.66. The molecule has 1 saturated heterocycles. The van der Waals surface area contributed by atoms with Gasteiger partial charge < -0.3 is 19.7 Å². The Bertz CT molecular complexity index is 692. The maximum Gasteiger partial charge on any atom is 0.247 e. The predicted molar refractivity (Wildman–Crippen MR) is 77.6 cm³/mol. The van der Waals surface area contributed by atoms with Crippen LogP contribution in [-0.4, -0.2) is 55.2 Å². The van der Waals surface area contributed by atoms with Crippen molar-refractivity contribution in [3.8, 4) is 5.88 Å². The molecule has 2 N–H and O–H groups in total. The normalized spacial score (nSPS) is 24.8. The number of aliphatic hydroxyl groups is 2. The molecule has 0 unspecified atom stereocenters. The van der Waals surface area contributed by atoms with Crippen molar-refractivity contribution in [3.05, 3.63) is 24.3 Å². The molecular weight excluding hydrogens is 312 g/mol. The second-order valence-electron chi connectivity index (χ2n) is 4.84. The average molecular weight is 327 g/mol. The summed E-state index contributed by atoms with van der Waals surface area (Å²) in [5.74, 6) is 0.255. The molecule has 1 aliphatic heterocycles. The maximum absolute atomic E-state index is 9.84. The number of aromatic nitrogens is 4. The molecule has 9 heteroatoms. The lowest BCUT2D eigenvalue weighted by molar-refractivity contribution is -0.0432. The van der Waals surface area contributed by atoms with Crippen LogP contribution >= 0.6 is 11.6 Å². The van der Waals surface area contributed by atoms with Crippen molar-refractivity contribution >= 4 is 22.8 Å². The number of aliphatic hydroxyl groups excluding tert-OH is 2. The minimum absolute atomic E-state index is 0.0190. The summed E-state index contributed by atoms with van der Waals surface area (Å²) in [6.07, 6.45) is 1.56. The monoisotopic (exact) mass is 326 g/mol. The third-order valence-electron chi connectivity index (χ3n) is 3.39. The number of rotatable bonds is 5. The van der Waals surface area contributed by atoms with Crippen molar-refractivity contribution in [2.24, 2.45) is 0 Å². The van der Waals surface area contributed by atoms with Crippen LogP contribution in [0, 0.1) is 0 Å². The summed E-state index contributed by atoms with van der Waals surface area (Å²) in [7, 11) is 0. The SMILES string of the molecule is C=CCOc1nc(Cl)nc2c1ncn2[C@H]1C[C@H](O)[C@@H](CO)O1. The minimum Gasteiger partial charge on any atom is -0.472 e. The number of fused-ring (bicyclic) bond motifs is 1. The Balaban J connectivity index is 1.98. The zero-order valence-electron chi connectivity index (χ0n) is 11.6. The first-order valence-corrected chi connectivity index (χ1v) is 7.10. The molecule has 0 spiro atoms. The van der Waals surface area contributed by atoms with Gasteiger partial charge in [-0.25, -0.2) is 4.98 Å². The number of halogens is 1. The van der Waals surface area contributed by atoms with Crippen LogP contribution in [0.4, 0.5) is 0 Å². The van der Waals surface area contributed by atoms with Gasteiger partial charge in [0.2, 0.25) is 11.2 Å². The smallest absolute Gasteiger partial charge is 0.247 e. The van der Waals surface area contributed by atoms with E-state index in [0.717, 1.165) is 0 Å². The van der Waals surface area contributed by atoms with E-state index in [1.165, 1.54) is 6.33 Å². The molecule has 8 nitrogen and oxygen atoms in total. The van der Waals surface area contributed by atoms with E-state index in [1.54, 1.807) is 10.6 Å². The molecular formula is C13H15ClN4O4. The number of hydrogen-bond donors (Lipinski definition) is 2. The van der Waals surface area contributed by atoms with E-state index < -0.39 is 18.4 Å². The molecule has 2 aromatic heterocycles. The second kappa shape index (κ2) is 6.17. The van der Waals surface area contributed by atoms with Crippen LogP contribution in [-0.2, 0) is 4.74 Å². The molecule has 3 heterocycles. The molecule has 0 radical (unpaired) electrons. The molecule has 0 bridgehead atoms. The van der Waals surface area contributed by atoms with Crippen molar-refractivity contribution in [2.75, 3.05) is 13.2 Å². The topological polar surface area (TPSA) is 103 Å². The van der Waals surface area contributed by atoms with E-state index in [1.807, 2.05) is 0 Å². The third-order valence-corrected chi connectivity index (χ3v) is 3.56. The molecule has 0 amide bonds. The van der Waals surface area contributed by atoms with Gasteiger partial charge in [0, 0.05) is 6.42 Å². The Morgan fingerprint density at radius 3 is 3.05 bits per heavy atom. The fraction of sp³-hybridized carbons (Fsp3) is 0.462. The summed E-state index contributed by atoms with van der Waals surface area (Å²) >= 11 is 5.92. The zero-order chi connectivity index (χ0) is 15.7. The Hall–Kier alpha value is -1.74. The highest BCUT2D eigenvalue weighted by atomic mass is 35.5. The fourth-order valence-corrected chi connectivity index (χ4v) is 2.52. The quantitative estimate of drug-likeness (QED) is 0.615. The first-order valence-electron chi connectivity index (χ1n) is 6.72. The van der Waals surface area contributed by atoms with Crippen LogP contribution in [0.1, 0.15) is 12.6 Å². The van der Waals surface area contributed by atoms with Crippen molar-refractivity contribution in [1.29, 1.82) is 0 Å². The van der Waals surface area contributed by atoms with E-state index in [-0.39, 0.29) is 24.4 Å². The van der Waals surface area contributed by atoms with Gasteiger partial charge in [0.1, 0.15) is 18.9 Å². The zero-order valence-corrected chi connectivity index (χ0v) is 12.3. The number of hydrogen-bond acceptors (Lipinski definition) is 7. The summed E-state index contributed by atoms with van der Waals surface area (Å²) in [4.78, 5) is 12.4. The fourth-order valence-electron chi connectivity index (χ4n) is 2.36. The average Bonchev–Trinajstić information content (AvgIpc) is 3.07. The summed E-state index contributed by atoms with van der Waals surface area (Å²) in [6.45, 7) is 3.58. The van der Waals surface area contributed by atoms with Crippen LogP contribution in [0.15, 0.2) is 19.0 Å². The van der Waals surface area contributed by atoms with Crippen molar-refractivity contribution in [2.45, 2.75) is 24.9 Å². The van der Waals surface area contributed by atoms with E-state index in [9.17, 15) is 5.11 Å². The largest absolute Gasteiger partial charge is 0.472 e. The van der Waals surface area contributed by atoms with Crippen LogP contribution in [0.3, 0.4) is 0 Å². The van der Waals surface area contributed by atoms with Gasteiger partial charge in [-0.2, -0.15) is 9.97 Å². The Labute approximate surface area is 131 Å². The Morgan fingerprint density at radius 1 is 1.55 bits per heavy atom. The molecule has 2 aromatic rings. The van der Waals surface area contributed by atoms with Crippen molar-refractivity contribution < 1.29 is 19.7 Å². The van der Waals surface area contributed by atoms with Crippen LogP contribution in [0.2, 0.25) is 5.28 Å². The van der Waals surface area contributed by atoms with Crippen molar-refractivity contribution in [3.63, 3.8) is 0 Å². The lowest BCUT2D eigenvalue weighted by atomic mass is 10.2. The molecule has 1 fully saturated rings. The Kier molecular flexibility index (Phi) is 4.25. The molecule has 3 rings (SSSR count). The van der Waals surface area contributed by atoms with Gasteiger partial charge in [-0.3, -0.25) is 4.57 Å². The van der Waals surface area contributed by atoms with E-state index in [2.05, 4.69) is 21.5 Å². The van der Waals surface area contributed by atoms with E-state index in [4.69, 9.17) is 26.2 Å². The van der Waals surface area contributed by atoms with Gasteiger partial charge in [-0.15, -0.1) is 0 Å². The highest BCUT2D eigenvalue weighted by molar-refractivity contribution is 6.28. The van der Waals surface area contributed by atoms with Gasteiger partial charge >= 0.3 is 0 Å². The summed E-state index contributed by atoms with van der Waals surface area (Å²) in [5, 5.41) is 19.0. The molecule has 3 atom stereocenters. The first kappa shape index (κ1) is 15.2. The molecule has 0 aliphatic carbocycles. The standard InChI is InChI=1S/C13H15ClN4O4/c1-2-3-21-12-10-11(16-13(14)17-12)18(6-15-10)9-4-7(20)8(5-19)22-9/h2,6-9,19-20H,1,3-5H2/t7-,8+,9+/m0/s1. The predicted octanol–water partition coefficient (Wildman–Crippen LogP) is 0.685. The van der Waals surface area contributed by atoms with Gasteiger partial charge in [0.25, 0.3) is 0 Å². The second-order valence-corrected chi connectivity index (χ2v) is 5.17. The Morgan fingerprint density at radius 2 is 2.36 bits per heavy atom. The van der Waals surface area contributed by atoms with Crippen molar-refractivity contribution in [1.82, 2.24) is 19.5 Å². The number of nitrogens with zero attached hydrogens (tertiary/aromatic N) is 4.